The maximum absolute atomic E-state index is 12.4. The fourth-order valence-corrected chi connectivity index (χ4v) is 3.82. The number of halogens is 1. The molecule has 0 saturated heterocycles. The average molecular weight is 415 g/mol. The fraction of sp³-hybridized carbons (Fsp3) is 0.0952. The monoisotopic (exact) mass is 414 g/mol. The summed E-state index contributed by atoms with van der Waals surface area (Å²) in [5, 5.41) is 6.25. The number of benzene rings is 3. The number of hydrogen-bond donors (Lipinski definition) is 2. The molecule has 0 unspecified atom stereocenters. The molecule has 0 saturated carbocycles. The number of nitrogens with one attached hydrogen (secondary N) is 2. The van der Waals surface area contributed by atoms with Crippen LogP contribution in [-0.4, -0.2) is 20.2 Å². The Morgan fingerprint density at radius 3 is 2.32 bits per heavy atom. The minimum absolute atomic E-state index is 0.232. The highest BCUT2D eigenvalue weighted by Gasteiger charge is 2.14. The molecule has 1 amide bonds. The molecule has 7 heteroatoms. The van der Waals surface area contributed by atoms with Crippen molar-refractivity contribution in [1.82, 2.24) is 0 Å². The molecular formula is C21H19ClN2O3S. The van der Waals surface area contributed by atoms with Crippen molar-refractivity contribution >= 4 is 38.7 Å². The number of anilines is 2. The Morgan fingerprint density at radius 2 is 1.64 bits per heavy atom. The minimum atomic E-state index is -3.44. The van der Waals surface area contributed by atoms with Crippen LogP contribution in [0.1, 0.15) is 15.9 Å². The molecule has 0 radical (unpaired) electrons. The van der Waals surface area contributed by atoms with Crippen molar-refractivity contribution in [2.45, 2.75) is 11.8 Å². The van der Waals surface area contributed by atoms with Gasteiger partial charge in [-0.05, 0) is 61.0 Å². The van der Waals surface area contributed by atoms with E-state index in [1.54, 1.807) is 66.7 Å². The van der Waals surface area contributed by atoms with Gasteiger partial charge in [0.15, 0.2) is 9.84 Å². The number of rotatable bonds is 6. The van der Waals surface area contributed by atoms with Gasteiger partial charge >= 0.3 is 0 Å². The summed E-state index contributed by atoms with van der Waals surface area (Å²) in [4.78, 5) is 12.7. The van der Waals surface area contributed by atoms with Crippen molar-refractivity contribution in [3.05, 3.63) is 88.9 Å². The van der Waals surface area contributed by atoms with Gasteiger partial charge in [0, 0.05) is 22.0 Å². The van der Waals surface area contributed by atoms with Crippen molar-refractivity contribution in [1.29, 1.82) is 0 Å². The van der Waals surface area contributed by atoms with E-state index in [9.17, 15) is 13.2 Å². The second-order valence-corrected chi connectivity index (χ2v) is 8.67. The highest BCUT2D eigenvalue weighted by Crippen LogP contribution is 2.21. The second kappa shape index (κ2) is 8.46. The number of carbonyl (C=O) groups excluding carboxylic acids is 1. The molecule has 0 spiro atoms. The molecule has 28 heavy (non-hydrogen) atoms. The van der Waals surface area contributed by atoms with E-state index in [4.69, 9.17) is 11.6 Å². The summed E-state index contributed by atoms with van der Waals surface area (Å²) in [5.41, 5.74) is 2.61. The summed E-state index contributed by atoms with van der Waals surface area (Å²) in [5.74, 6) is -0.501. The lowest BCUT2D eigenvalue weighted by atomic mass is 10.1. The molecule has 0 aliphatic rings. The van der Waals surface area contributed by atoms with Gasteiger partial charge in [0.1, 0.15) is 5.88 Å². The SMILES string of the molecule is Cc1ccc(Cl)cc1NC(=O)c1ccc(NCS(=O)(=O)c2ccccc2)cc1. The van der Waals surface area contributed by atoms with E-state index in [0.717, 1.165) is 5.56 Å². The van der Waals surface area contributed by atoms with E-state index >= 15 is 0 Å². The van der Waals surface area contributed by atoms with E-state index in [1.165, 1.54) is 0 Å². The minimum Gasteiger partial charge on any atom is -0.371 e. The number of aryl methyl sites for hydroxylation is 1. The molecule has 0 aromatic heterocycles. The van der Waals surface area contributed by atoms with Crippen molar-refractivity contribution < 1.29 is 13.2 Å². The highest BCUT2D eigenvalue weighted by molar-refractivity contribution is 7.91. The van der Waals surface area contributed by atoms with Crippen LogP contribution in [0.3, 0.4) is 0 Å². The number of sulfone groups is 1. The third-order valence-electron chi connectivity index (χ3n) is 4.16. The molecule has 0 aliphatic carbocycles. The summed E-state index contributed by atoms with van der Waals surface area (Å²) >= 11 is 5.97. The Labute approximate surface area is 169 Å². The second-order valence-electron chi connectivity index (χ2n) is 6.24. The highest BCUT2D eigenvalue weighted by atomic mass is 35.5. The maximum Gasteiger partial charge on any atom is 0.255 e. The normalized spacial score (nSPS) is 11.1. The molecule has 0 aliphatic heterocycles. The van der Waals surface area contributed by atoms with Crippen molar-refractivity contribution in [3.63, 3.8) is 0 Å². The van der Waals surface area contributed by atoms with E-state index < -0.39 is 9.84 Å². The van der Waals surface area contributed by atoms with Gasteiger partial charge in [-0.3, -0.25) is 4.79 Å². The first-order chi connectivity index (χ1) is 13.3. The number of amides is 1. The zero-order valence-electron chi connectivity index (χ0n) is 15.1. The Hall–Kier alpha value is -2.83. The van der Waals surface area contributed by atoms with E-state index in [-0.39, 0.29) is 16.7 Å². The molecule has 5 nitrogen and oxygen atoms in total. The molecule has 0 heterocycles. The summed E-state index contributed by atoms with van der Waals surface area (Å²) in [7, 11) is -3.44. The van der Waals surface area contributed by atoms with Crippen molar-refractivity contribution in [3.8, 4) is 0 Å². The summed E-state index contributed by atoms with van der Waals surface area (Å²) in [6.45, 7) is 1.88. The van der Waals surface area contributed by atoms with Crippen LogP contribution in [0.25, 0.3) is 0 Å². The Balaban J connectivity index is 1.65. The summed E-state index contributed by atoms with van der Waals surface area (Å²) in [6.07, 6.45) is 0. The average Bonchev–Trinajstić information content (AvgIpc) is 2.70. The third kappa shape index (κ3) is 4.91. The zero-order valence-corrected chi connectivity index (χ0v) is 16.7. The Bertz CT molecular complexity index is 1080. The number of carbonyl (C=O) groups is 1. The Kier molecular flexibility index (Phi) is 6.02. The predicted octanol–water partition coefficient (Wildman–Crippen LogP) is 4.74. The molecular weight excluding hydrogens is 396 g/mol. The first kappa shape index (κ1) is 19.9. The molecule has 2 N–H and O–H groups in total. The predicted molar refractivity (Wildman–Crippen MR) is 113 cm³/mol. The third-order valence-corrected chi connectivity index (χ3v) is 5.91. The standard InChI is InChI=1S/C21H19ClN2O3S/c1-15-7-10-17(22)13-20(15)24-21(25)16-8-11-18(12-9-16)23-14-28(26,27)19-5-3-2-4-6-19/h2-13,23H,14H2,1H3,(H,24,25). The van der Waals surface area contributed by atoms with Gasteiger partial charge in [-0.25, -0.2) is 8.42 Å². The van der Waals surface area contributed by atoms with Crippen LogP contribution in [-0.2, 0) is 9.84 Å². The molecule has 3 aromatic carbocycles. The first-order valence-corrected chi connectivity index (χ1v) is 10.6. The van der Waals surface area contributed by atoms with Gasteiger partial charge in [-0.2, -0.15) is 0 Å². The molecule has 3 rings (SSSR count). The van der Waals surface area contributed by atoms with Gasteiger partial charge in [0.2, 0.25) is 0 Å². The van der Waals surface area contributed by atoms with Crippen LogP contribution in [0.2, 0.25) is 5.02 Å². The molecule has 144 valence electrons. The van der Waals surface area contributed by atoms with Crippen molar-refractivity contribution in [2.75, 3.05) is 16.5 Å². The fourth-order valence-electron chi connectivity index (χ4n) is 2.55. The molecule has 0 bridgehead atoms. The lowest BCUT2D eigenvalue weighted by molar-refractivity contribution is 0.102. The first-order valence-electron chi connectivity index (χ1n) is 8.54. The van der Waals surface area contributed by atoms with Crippen LogP contribution in [0.15, 0.2) is 77.7 Å². The smallest absolute Gasteiger partial charge is 0.255 e. The summed E-state index contributed by atoms with van der Waals surface area (Å²) in [6, 6.07) is 20.1. The van der Waals surface area contributed by atoms with Gasteiger partial charge in [-0.15, -0.1) is 0 Å². The van der Waals surface area contributed by atoms with E-state index in [2.05, 4.69) is 10.6 Å². The summed E-state index contributed by atoms with van der Waals surface area (Å²) < 4.78 is 24.6. The van der Waals surface area contributed by atoms with E-state index in [0.29, 0.717) is 22.0 Å². The maximum atomic E-state index is 12.4. The molecule has 0 fully saturated rings. The topological polar surface area (TPSA) is 75.3 Å². The van der Waals surface area contributed by atoms with Gasteiger partial charge in [0.05, 0.1) is 4.90 Å². The lowest BCUT2D eigenvalue weighted by Gasteiger charge is -2.10. The quantitative estimate of drug-likeness (QED) is 0.610. The van der Waals surface area contributed by atoms with Crippen LogP contribution < -0.4 is 10.6 Å². The molecule has 3 aromatic rings. The van der Waals surface area contributed by atoms with Gasteiger partial charge in [0.25, 0.3) is 5.91 Å². The lowest BCUT2D eigenvalue weighted by Crippen LogP contribution is -2.15. The van der Waals surface area contributed by atoms with Gasteiger partial charge < -0.3 is 10.6 Å². The van der Waals surface area contributed by atoms with Crippen LogP contribution >= 0.6 is 11.6 Å². The zero-order chi connectivity index (χ0) is 20.1. The van der Waals surface area contributed by atoms with Crippen LogP contribution in [0.5, 0.6) is 0 Å². The largest absolute Gasteiger partial charge is 0.371 e. The van der Waals surface area contributed by atoms with Gasteiger partial charge in [-0.1, -0.05) is 35.9 Å². The number of hydrogen-bond acceptors (Lipinski definition) is 4. The van der Waals surface area contributed by atoms with Crippen LogP contribution in [0.4, 0.5) is 11.4 Å². The van der Waals surface area contributed by atoms with Crippen molar-refractivity contribution in [2.24, 2.45) is 0 Å². The Morgan fingerprint density at radius 1 is 0.964 bits per heavy atom. The van der Waals surface area contributed by atoms with E-state index in [1.807, 2.05) is 13.0 Å². The van der Waals surface area contributed by atoms with Crippen LogP contribution in [0, 0.1) is 6.92 Å². The molecule has 0 atom stereocenters.